The van der Waals surface area contributed by atoms with Crippen LogP contribution in [0.25, 0.3) is 10.9 Å². The van der Waals surface area contributed by atoms with Gasteiger partial charge in [-0.1, -0.05) is 12.1 Å². The number of hydrogen-bond donors (Lipinski definition) is 0. The highest BCUT2D eigenvalue weighted by Crippen LogP contribution is 2.41. The van der Waals surface area contributed by atoms with Gasteiger partial charge < -0.3 is 4.57 Å². The molecule has 0 amide bonds. The third-order valence-electron chi connectivity index (χ3n) is 2.53. The molecule has 0 unspecified atom stereocenters. The summed E-state index contributed by atoms with van der Waals surface area (Å²) in [7, 11) is 1.16. The number of nitro groups is 1. The third kappa shape index (κ3) is 1.63. The van der Waals surface area contributed by atoms with Gasteiger partial charge in [0, 0.05) is 7.05 Å². The Bertz CT molecular complexity index is 601. The van der Waals surface area contributed by atoms with Gasteiger partial charge in [0.25, 0.3) is 0 Å². The van der Waals surface area contributed by atoms with Crippen LogP contribution < -0.4 is 0 Å². The Morgan fingerprint density at radius 3 is 2.41 bits per heavy atom. The second-order valence-electron chi connectivity index (χ2n) is 3.53. The zero-order chi connectivity index (χ0) is 12.8. The molecule has 0 radical (unpaired) electrons. The number of halogens is 3. The van der Waals surface area contributed by atoms with E-state index in [1.54, 1.807) is 0 Å². The van der Waals surface area contributed by atoms with E-state index >= 15 is 0 Å². The van der Waals surface area contributed by atoms with Crippen molar-refractivity contribution in [2.75, 3.05) is 0 Å². The van der Waals surface area contributed by atoms with Crippen molar-refractivity contribution in [1.82, 2.24) is 4.57 Å². The highest BCUT2D eigenvalue weighted by atomic mass is 19.4. The van der Waals surface area contributed by atoms with Crippen LogP contribution in [-0.2, 0) is 13.2 Å². The molecule has 0 fully saturated rings. The lowest BCUT2D eigenvalue weighted by Crippen LogP contribution is -2.13. The zero-order valence-corrected chi connectivity index (χ0v) is 8.65. The van der Waals surface area contributed by atoms with E-state index in [-0.39, 0.29) is 10.9 Å². The summed E-state index contributed by atoms with van der Waals surface area (Å²) in [4.78, 5) is 9.79. The minimum Gasteiger partial charge on any atom is -0.334 e. The molecule has 0 bridgehead atoms. The van der Waals surface area contributed by atoms with Gasteiger partial charge in [0.2, 0.25) is 5.69 Å². The van der Waals surface area contributed by atoms with Crippen molar-refractivity contribution < 1.29 is 18.1 Å². The fourth-order valence-corrected chi connectivity index (χ4v) is 1.88. The summed E-state index contributed by atoms with van der Waals surface area (Å²) in [5, 5.41) is 10.8. The summed E-state index contributed by atoms with van der Waals surface area (Å²) in [6.45, 7) is 0. The number of nitrogens with zero attached hydrogens (tertiary/aromatic N) is 2. The van der Waals surface area contributed by atoms with Crippen molar-refractivity contribution in [2.45, 2.75) is 6.18 Å². The third-order valence-corrected chi connectivity index (χ3v) is 2.53. The first-order valence-electron chi connectivity index (χ1n) is 4.63. The van der Waals surface area contributed by atoms with Crippen molar-refractivity contribution >= 4 is 16.6 Å². The SMILES string of the molecule is Cn1c(C(F)(F)F)c([N+](=O)[O-])c2ccccc21. The first kappa shape index (κ1) is 11.4. The summed E-state index contributed by atoms with van der Waals surface area (Å²) in [5.41, 5.74) is -1.94. The average Bonchev–Trinajstić information content (AvgIpc) is 2.52. The molecule has 0 aliphatic heterocycles. The molecule has 0 N–H and O–H groups in total. The van der Waals surface area contributed by atoms with Crippen molar-refractivity contribution in [3.63, 3.8) is 0 Å². The monoisotopic (exact) mass is 244 g/mol. The lowest BCUT2D eigenvalue weighted by molar-refractivity contribution is -0.386. The quantitative estimate of drug-likeness (QED) is 0.571. The number of alkyl halides is 3. The van der Waals surface area contributed by atoms with Gasteiger partial charge in [-0.3, -0.25) is 10.1 Å². The molecular formula is C10H7F3N2O2. The molecule has 7 heteroatoms. The van der Waals surface area contributed by atoms with Gasteiger partial charge in [0.15, 0.2) is 0 Å². The molecular weight excluding hydrogens is 237 g/mol. The van der Waals surface area contributed by atoms with E-state index in [0.29, 0.717) is 0 Å². The number of aryl methyl sites for hydroxylation is 1. The number of benzene rings is 1. The molecule has 0 spiro atoms. The Morgan fingerprint density at radius 2 is 1.88 bits per heavy atom. The van der Waals surface area contributed by atoms with Gasteiger partial charge in [-0.2, -0.15) is 13.2 Å². The number of aromatic nitrogens is 1. The maximum atomic E-state index is 12.8. The average molecular weight is 244 g/mol. The van der Waals surface area contributed by atoms with E-state index in [9.17, 15) is 23.3 Å². The zero-order valence-electron chi connectivity index (χ0n) is 8.65. The summed E-state index contributed by atoms with van der Waals surface area (Å²) in [5.74, 6) is 0. The largest absolute Gasteiger partial charge is 0.438 e. The first-order chi connectivity index (χ1) is 7.84. The van der Waals surface area contributed by atoms with Gasteiger partial charge in [0.1, 0.15) is 0 Å². The van der Waals surface area contributed by atoms with E-state index in [4.69, 9.17) is 0 Å². The molecule has 1 aromatic carbocycles. The van der Waals surface area contributed by atoms with Crippen LogP contribution in [0.4, 0.5) is 18.9 Å². The van der Waals surface area contributed by atoms with Crippen LogP contribution in [0.15, 0.2) is 24.3 Å². The minimum atomic E-state index is -4.75. The highest BCUT2D eigenvalue weighted by molar-refractivity contribution is 5.91. The van der Waals surface area contributed by atoms with Crippen LogP contribution in [0.5, 0.6) is 0 Å². The van der Waals surface area contributed by atoms with E-state index in [1.165, 1.54) is 24.3 Å². The molecule has 0 aliphatic carbocycles. The van der Waals surface area contributed by atoms with Crippen LogP contribution in [0.2, 0.25) is 0 Å². The van der Waals surface area contributed by atoms with Crippen molar-refractivity contribution in [3.05, 3.63) is 40.1 Å². The molecule has 0 aliphatic rings. The molecule has 0 saturated heterocycles. The molecule has 2 rings (SSSR count). The lowest BCUT2D eigenvalue weighted by atomic mass is 10.2. The Kier molecular flexibility index (Phi) is 2.34. The Morgan fingerprint density at radius 1 is 1.29 bits per heavy atom. The van der Waals surface area contributed by atoms with Gasteiger partial charge in [-0.15, -0.1) is 0 Å². The van der Waals surface area contributed by atoms with Gasteiger partial charge in [0.05, 0.1) is 15.8 Å². The topological polar surface area (TPSA) is 48.1 Å². The molecule has 4 nitrogen and oxygen atoms in total. The maximum absolute atomic E-state index is 12.8. The molecule has 2 aromatic rings. The molecule has 17 heavy (non-hydrogen) atoms. The maximum Gasteiger partial charge on any atom is 0.438 e. The fourth-order valence-electron chi connectivity index (χ4n) is 1.88. The molecule has 0 saturated carbocycles. The van der Waals surface area contributed by atoms with Crippen LogP contribution >= 0.6 is 0 Å². The van der Waals surface area contributed by atoms with Crippen LogP contribution in [0.1, 0.15) is 5.69 Å². The van der Waals surface area contributed by atoms with Gasteiger partial charge in [-0.25, -0.2) is 0 Å². The summed E-state index contributed by atoms with van der Waals surface area (Å²) >= 11 is 0. The van der Waals surface area contributed by atoms with Crippen LogP contribution in [-0.4, -0.2) is 9.49 Å². The Hall–Kier alpha value is -2.05. The predicted octanol–water partition coefficient (Wildman–Crippen LogP) is 3.11. The second-order valence-corrected chi connectivity index (χ2v) is 3.53. The van der Waals surface area contributed by atoms with E-state index in [0.717, 1.165) is 11.6 Å². The summed E-state index contributed by atoms with van der Waals surface area (Å²) in [6, 6.07) is 5.72. The highest BCUT2D eigenvalue weighted by Gasteiger charge is 2.43. The molecule has 1 heterocycles. The van der Waals surface area contributed by atoms with Crippen LogP contribution in [0, 0.1) is 10.1 Å². The normalized spacial score (nSPS) is 12.0. The van der Waals surface area contributed by atoms with Crippen molar-refractivity contribution in [2.24, 2.45) is 7.05 Å². The molecule has 1 aromatic heterocycles. The number of fused-ring (bicyclic) bond motifs is 1. The fraction of sp³-hybridized carbons (Fsp3) is 0.200. The van der Waals surface area contributed by atoms with Crippen molar-refractivity contribution in [3.8, 4) is 0 Å². The van der Waals surface area contributed by atoms with E-state index < -0.39 is 22.5 Å². The second kappa shape index (κ2) is 3.47. The number of hydrogen-bond acceptors (Lipinski definition) is 2. The summed E-state index contributed by atoms with van der Waals surface area (Å²) in [6.07, 6.45) is -4.75. The van der Waals surface area contributed by atoms with E-state index in [1.807, 2.05) is 0 Å². The Labute approximate surface area is 93.4 Å². The minimum absolute atomic E-state index is 0.00711. The van der Waals surface area contributed by atoms with Crippen molar-refractivity contribution in [1.29, 1.82) is 0 Å². The van der Waals surface area contributed by atoms with Crippen LogP contribution in [0.3, 0.4) is 0 Å². The van der Waals surface area contributed by atoms with E-state index in [2.05, 4.69) is 0 Å². The number of para-hydroxylation sites is 1. The van der Waals surface area contributed by atoms with Gasteiger partial charge >= 0.3 is 11.9 Å². The lowest BCUT2D eigenvalue weighted by Gasteiger charge is -2.07. The summed E-state index contributed by atoms with van der Waals surface area (Å²) < 4.78 is 39.1. The molecule has 0 atom stereocenters. The number of rotatable bonds is 1. The first-order valence-corrected chi connectivity index (χ1v) is 4.63. The predicted molar refractivity (Wildman–Crippen MR) is 54.6 cm³/mol. The smallest absolute Gasteiger partial charge is 0.334 e. The van der Waals surface area contributed by atoms with Gasteiger partial charge in [-0.05, 0) is 12.1 Å². The standard InChI is InChI=1S/C10H7F3N2O2/c1-14-7-5-3-2-4-6(7)8(15(16)17)9(14)10(11,12)13/h2-5H,1H3. The Balaban J connectivity index is 2.96. The molecule has 90 valence electrons.